The number of rotatable bonds is 9. The van der Waals surface area contributed by atoms with Crippen LogP contribution in [0.1, 0.15) is 47.3 Å². The number of benzene rings is 2. The lowest BCUT2D eigenvalue weighted by molar-refractivity contribution is 0.0979. The minimum absolute atomic E-state index is 0.0469. The summed E-state index contributed by atoms with van der Waals surface area (Å²) in [6.07, 6.45) is 7.32. The topological polar surface area (TPSA) is 92.3 Å². The zero-order valence-electron chi connectivity index (χ0n) is 19.7. The number of nitrogens with zero attached hydrogens (tertiary/aromatic N) is 3. The lowest BCUT2D eigenvalue weighted by Crippen LogP contribution is -2.32. The molecule has 1 aromatic heterocycles. The van der Waals surface area contributed by atoms with Crippen LogP contribution in [-0.4, -0.2) is 37.9 Å². The van der Waals surface area contributed by atoms with Crippen molar-refractivity contribution in [2.45, 2.75) is 43.4 Å². The van der Waals surface area contributed by atoms with E-state index in [2.05, 4.69) is 21.8 Å². The molecule has 35 heavy (non-hydrogen) atoms. The third kappa shape index (κ3) is 6.38. The second-order valence-electron chi connectivity index (χ2n) is 8.91. The van der Waals surface area contributed by atoms with Gasteiger partial charge in [0.15, 0.2) is 0 Å². The second-order valence-corrected chi connectivity index (χ2v) is 11.0. The van der Waals surface area contributed by atoms with Crippen molar-refractivity contribution in [3.63, 3.8) is 0 Å². The molecule has 2 aromatic carbocycles. The molecule has 0 spiro atoms. The first-order chi connectivity index (χ1) is 16.8. The molecule has 1 amide bonds. The molecule has 7 nitrogen and oxygen atoms in total. The van der Waals surface area contributed by atoms with Crippen LogP contribution in [0, 0.1) is 5.92 Å². The van der Waals surface area contributed by atoms with Crippen molar-refractivity contribution in [1.29, 1.82) is 0 Å². The molecule has 1 fully saturated rings. The van der Waals surface area contributed by atoms with Gasteiger partial charge in [-0.3, -0.25) is 4.79 Å². The number of amides is 1. The van der Waals surface area contributed by atoms with Crippen LogP contribution in [0.4, 0.5) is 5.95 Å². The van der Waals surface area contributed by atoms with Crippen molar-refractivity contribution < 1.29 is 13.2 Å². The number of halogens is 1. The minimum atomic E-state index is -4.15. The van der Waals surface area contributed by atoms with Crippen LogP contribution in [0.2, 0.25) is 5.02 Å². The van der Waals surface area contributed by atoms with Crippen molar-refractivity contribution >= 4 is 33.5 Å². The zero-order chi connectivity index (χ0) is 24.8. The maximum absolute atomic E-state index is 13.1. The average Bonchev–Trinajstić information content (AvgIpc) is 3.36. The largest absolute Gasteiger partial charge is 0.344 e. The number of carbonyl (C=O) groups excluding carboxylic acids is 1. The molecule has 1 N–H and O–H groups in total. The first-order valence-corrected chi connectivity index (χ1v) is 13.6. The third-order valence-corrected chi connectivity index (χ3v) is 8.16. The fourth-order valence-electron chi connectivity index (χ4n) is 4.36. The summed E-state index contributed by atoms with van der Waals surface area (Å²) in [6, 6.07) is 16.2. The fourth-order valence-corrected chi connectivity index (χ4v) is 5.85. The maximum Gasteiger partial charge on any atom is 0.268 e. The van der Waals surface area contributed by atoms with E-state index in [0.29, 0.717) is 30.5 Å². The summed E-state index contributed by atoms with van der Waals surface area (Å²) >= 11 is 6.05. The van der Waals surface area contributed by atoms with Gasteiger partial charge in [0.25, 0.3) is 15.9 Å². The number of likely N-dealkylation sites (N-methyl/N-ethyl adjacent to an activating group) is 1. The number of anilines is 1. The highest BCUT2D eigenvalue weighted by Gasteiger charge is 2.26. The van der Waals surface area contributed by atoms with Crippen LogP contribution in [-0.2, 0) is 22.9 Å². The summed E-state index contributed by atoms with van der Waals surface area (Å²) in [4.78, 5) is 24.0. The Labute approximate surface area is 211 Å². The van der Waals surface area contributed by atoms with E-state index in [-0.39, 0.29) is 15.5 Å². The Kier molecular flexibility index (Phi) is 8.03. The first-order valence-electron chi connectivity index (χ1n) is 11.8. The maximum atomic E-state index is 13.1. The van der Waals surface area contributed by atoms with E-state index in [0.717, 1.165) is 32.1 Å². The van der Waals surface area contributed by atoms with Crippen molar-refractivity contribution in [1.82, 2.24) is 14.7 Å². The van der Waals surface area contributed by atoms with Crippen LogP contribution in [0.15, 0.2) is 65.7 Å². The van der Waals surface area contributed by atoms with Gasteiger partial charge in [0.05, 0.1) is 16.3 Å². The highest BCUT2D eigenvalue weighted by molar-refractivity contribution is 7.90. The number of nitrogens with one attached hydrogen (secondary N) is 1. The van der Waals surface area contributed by atoms with Gasteiger partial charge in [-0.2, -0.15) is 0 Å². The molecule has 4 rings (SSSR count). The van der Waals surface area contributed by atoms with Crippen LogP contribution >= 0.6 is 11.6 Å². The Morgan fingerprint density at radius 2 is 1.77 bits per heavy atom. The molecule has 1 saturated carbocycles. The van der Waals surface area contributed by atoms with Gasteiger partial charge in [-0.25, -0.2) is 23.1 Å². The molecule has 3 aromatic rings. The number of hydrogen-bond acceptors (Lipinski definition) is 6. The van der Waals surface area contributed by atoms with E-state index in [9.17, 15) is 13.2 Å². The van der Waals surface area contributed by atoms with Gasteiger partial charge in [-0.05, 0) is 36.5 Å². The van der Waals surface area contributed by atoms with Gasteiger partial charge in [-0.15, -0.1) is 0 Å². The fraction of sp³-hybridized carbons (Fsp3) is 0.346. The van der Waals surface area contributed by atoms with E-state index < -0.39 is 15.9 Å². The second kappa shape index (κ2) is 11.2. The van der Waals surface area contributed by atoms with Crippen molar-refractivity contribution in [2.75, 3.05) is 18.5 Å². The molecule has 0 unspecified atom stereocenters. The summed E-state index contributed by atoms with van der Waals surface area (Å²) in [5, 5.41) is 0.0469. The average molecular weight is 513 g/mol. The number of carbonyl (C=O) groups is 1. The quantitative estimate of drug-likeness (QED) is 0.448. The zero-order valence-corrected chi connectivity index (χ0v) is 21.2. The van der Waals surface area contributed by atoms with Gasteiger partial charge in [0.1, 0.15) is 4.90 Å². The van der Waals surface area contributed by atoms with E-state index in [1.807, 2.05) is 30.1 Å². The standard InChI is InChI=1S/C26H29ClN4O3S/c1-31(16-15-19-9-3-2-4-10-19)26-28-18-21(23(29-26)17-20-11-5-6-12-20)25(32)30-35(33,34)24-14-8-7-13-22(24)27/h2-4,7-10,13-14,18,20H,5-6,11-12,15-17H2,1H3,(H,30,32). The van der Waals surface area contributed by atoms with Crippen molar-refractivity contribution in [3.05, 3.63) is 82.6 Å². The molecular weight excluding hydrogens is 484 g/mol. The normalized spacial score (nSPS) is 14.1. The monoisotopic (exact) mass is 512 g/mol. The molecule has 1 heterocycles. The Morgan fingerprint density at radius 3 is 2.49 bits per heavy atom. The minimum Gasteiger partial charge on any atom is -0.344 e. The smallest absolute Gasteiger partial charge is 0.268 e. The highest BCUT2D eigenvalue weighted by atomic mass is 35.5. The Balaban J connectivity index is 1.56. The highest BCUT2D eigenvalue weighted by Crippen LogP contribution is 2.29. The van der Waals surface area contributed by atoms with E-state index in [1.54, 1.807) is 12.1 Å². The molecule has 1 aliphatic carbocycles. The number of hydrogen-bond donors (Lipinski definition) is 1. The van der Waals surface area contributed by atoms with Crippen LogP contribution < -0.4 is 9.62 Å². The van der Waals surface area contributed by atoms with E-state index in [4.69, 9.17) is 16.6 Å². The Bertz CT molecular complexity index is 1280. The van der Waals surface area contributed by atoms with Crippen LogP contribution in [0.5, 0.6) is 0 Å². The summed E-state index contributed by atoms with van der Waals surface area (Å²) < 4.78 is 27.8. The third-order valence-electron chi connectivity index (χ3n) is 6.33. The summed E-state index contributed by atoms with van der Waals surface area (Å²) in [7, 11) is -2.23. The van der Waals surface area contributed by atoms with Crippen LogP contribution in [0.25, 0.3) is 0 Å². The molecule has 0 bridgehead atoms. The molecule has 0 aliphatic heterocycles. The van der Waals surface area contributed by atoms with Gasteiger partial charge < -0.3 is 4.90 Å². The van der Waals surface area contributed by atoms with Crippen LogP contribution in [0.3, 0.4) is 0 Å². The molecule has 9 heteroatoms. The van der Waals surface area contributed by atoms with E-state index >= 15 is 0 Å². The van der Waals surface area contributed by atoms with Gasteiger partial charge in [0.2, 0.25) is 5.95 Å². The van der Waals surface area contributed by atoms with E-state index in [1.165, 1.54) is 23.9 Å². The lowest BCUT2D eigenvalue weighted by atomic mass is 9.99. The summed E-state index contributed by atoms with van der Waals surface area (Å²) in [5.74, 6) is 0.176. The molecule has 184 valence electrons. The summed E-state index contributed by atoms with van der Waals surface area (Å²) in [5.41, 5.74) is 1.96. The predicted octanol–water partition coefficient (Wildman–Crippen LogP) is 4.66. The first kappa shape index (κ1) is 25.1. The SMILES string of the molecule is CN(CCc1ccccc1)c1ncc(C(=O)NS(=O)(=O)c2ccccc2Cl)c(CC2CCCC2)n1. The molecular formula is C26H29ClN4O3S. The Morgan fingerprint density at radius 1 is 1.09 bits per heavy atom. The summed E-state index contributed by atoms with van der Waals surface area (Å²) in [6.45, 7) is 0.708. The predicted molar refractivity (Wildman–Crippen MR) is 137 cm³/mol. The lowest BCUT2D eigenvalue weighted by Gasteiger charge is -2.20. The molecule has 1 aliphatic rings. The van der Waals surface area contributed by atoms with Crippen molar-refractivity contribution in [3.8, 4) is 0 Å². The molecule has 0 atom stereocenters. The van der Waals surface area contributed by atoms with Gasteiger partial charge in [0, 0.05) is 19.8 Å². The molecule has 0 radical (unpaired) electrons. The van der Waals surface area contributed by atoms with Crippen molar-refractivity contribution in [2.24, 2.45) is 5.92 Å². The van der Waals surface area contributed by atoms with Gasteiger partial charge >= 0.3 is 0 Å². The number of sulfonamides is 1. The molecule has 0 saturated heterocycles. The van der Waals surface area contributed by atoms with Gasteiger partial charge in [-0.1, -0.05) is 79.7 Å². The number of aromatic nitrogens is 2. The Hall–Kier alpha value is -2.97.